The molecule has 4 aromatic carbocycles. The molecule has 0 fully saturated rings. The van der Waals surface area contributed by atoms with Gasteiger partial charge in [0.1, 0.15) is 24.0 Å². The summed E-state index contributed by atoms with van der Waals surface area (Å²) < 4.78 is 32.7. The van der Waals surface area contributed by atoms with Crippen LogP contribution >= 0.6 is 11.3 Å². The molecule has 0 saturated carbocycles. The molecule has 8 rings (SSSR count). The van der Waals surface area contributed by atoms with Gasteiger partial charge in [-0.1, -0.05) is 12.1 Å². The molecule has 6 aromatic rings. The normalized spacial score (nSPS) is 12.9. The molecule has 43 heavy (non-hydrogen) atoms. The van der Waals surface area contributed by atoms with Crippen LogP contribution in [-0.4, -0.2) is 32.1 Å². The Hall–Kier alpha value is -4.34. The maximum absolute atomic E-state index is 6.30. The van der Waals surface area contributed by atoms with Gasteiger partial charge in [0.15, 0.2) is 35.7 Å². The molecule has 4 heterocycles. The van der Waals surface area contributed by atoms with E-state index in [2.05, 4.69) is 41.1 Å². The summed E-state index contributed by atoms with van der Waals surface area (Å²) >= 11 is 1.69. The van der Waals surface area contributed by atoms with Crippen LogP contribution in [0.15, 0.2) is 85.1 Å². The van der Waals surface area contributed by atoms with E-state index < -0.39 is 0 Å². The molecule has 2 aliphatic rings. The zero-order valence-electron chi connectivity index (χ0n) is 23.3. The van der Waals surface area contributed by atoms with Gasteiger partial charge >= 0.3 is 0 Å². The van der Waals surface area contributed by atoms with E-state index in [0.717, 1.165) is 68.5 Å². The van der Waals surface area contributed by atoms with Crippen LogP contribution in [0.3, 0.4) is 0 Å². The minimum Gasteiger partial charge on any atom is -1.00 e. The zero-order chi connectivity index (χ0) is 28.0. The van der Waals surface area contributed by atoms with E-state index in [9.17, 15) is 0 Å². The van der Waals surface area contributed by atoms with E-state index in [4.69, 9.17) is 28.7 Å². The van der Waals surface area contributed by atoms with Crippen LogP contribution in [0.1, 0.15) is 5.56 Å². The second-order valence-electron chi connectivity index (χ2n) is 10.3. The Balaban J connectivity index is 0.00000300. The van der Waals surface area contributed by atoms with Crippen LogP contribution in [0, 0.1) is 0 Å². The summed E-state index contributed by atoms with van der Waals surface area (Å²) in [5.41, 5.74) is 5.70. The van der Waals surface area contributed by atoms with Crippen molar-refractivity contribution < 1.29 is 45.2 Å². The Morgan fingerprint density at radius 3 is 2.56 bits per heavy atom. The summed E-state index contributed by atoms with van der Waals surface area (Å²) in [7, 11) is 1.67. The third kappa shape index (κ3) is 5.02. The van der Waals surface area contributed by atoms with Crippen LogP contribution in [0.5, 0.6) is 28.7 Å². The Bertz CT molecular complexity index is 1940. The predicted octanol–water partition coefficient (Wildman–Crippen LogP) is 3.83. The lowest BCUT2D eigenvalue weighted by Crippen LogP contribution is -3.00. The molecule has 9 heteroatoms. The van der Waals surface area contributed by atoms with Gasteiger partial charge in [0, 0.05) is 18.1 Å². The van der Waals surface area contributed by atoms with E-state index in [0.29, 0.717) is 19.0 Å². The molecule has 0 amide bonds. The summed E-state index contributed by atoms with van der Waals surface area (Å²) in [4.78, 5) is 4.75. The van der Waals surface area contributed by atoms with E-state index in [1.165, 1.54) is 15.8 Å². The minimum absolute atomic E-state index is 0. The van der Waals surface area contributed by atoms with Crippen molar-refractivity contribution in [3.05, 3.63) is 90.6 Å². The van der Waals surface area contributed by atoms with Crippen molar-refractivity contribution in [3.63, 3.8) is 0 Å². The van der Waals surface area contributed by atoms with E-state index in [-0.39, 0.29) is 23.8 Å². The molecule has 7 nitrogen and oxygen atoms in total. The fourth-order valence-corrected chi connectivity index (χ4v) is 6.67. The lowest BCUT2D eigenvalue weighted by Gasteiger charge is -2.18. The number of aryl methyl sites for hydroxylation is 2. The highest BCUT2D eigenvalue weighted by molar-refractivity contribution is 7.21. The molecule has 0 atom stereocenters. The fourth-order valence-electron chi connectivity index (χ4n) is 5.70. The lowest BCUT2D eigenvalue weighted by atomic mass is 9.95. The number of methoxy groups -OCH3 is 1. The van der Waals surface area contributed by atoms with Crippen LogP contribution in [-0.2, 0) is 13.0 Å². The number of hydrogen-bond donors (Lipinski definition) is 0. The van der Waals surface area contributed by atoms with Crippen molar-refractivity contribution in [2.45, 2.75) is 13.0 Å². The highest BCUT2D eigenvalue weighted by Gasteiger charge is 2.28. The van der Waals surface area contributed by atoms with Gasteiger partial charge in [-0.05, 0) is 71.6 Å². The highest BCUT2D eigenvalue weighted by Crippen LogP contribution is 2.41. The lowest BCUT2D eigenvalue weighted by molar-refractivity contribution is -0.686. The van der Waals surface area contributed by atoms with E-state index >= 15 is 0 Å². The molecule has 0 N–H and O–H groups in total. The number of para-hydroxylation sites is 1. The van der Waals surface area contributed by atoms with Crippen LogP contribution in [0.2, 0.25) is 0 Å². The Kier molecular flexibility index (Phi) is 7.28. The first-order chi connectivity index (χ1) is 20.7. The van der Waals surface area contributed by atoms with Gasteiger partial charge in [0.25, 0.3) is 0 Å². The quantitative estimate of drug-likeness (QED) is 0.193. The largest absolute Gasteiger partial charge is 1.00 e. The molecule has 0 aliphatic carbocycles. The molecule has 216 valence electrons. The summed E-state index contributed by atoms with van der Waals surface area (Å²) in [6.07, 6.45) is 3.08. The van der Waals surface area contributed by atoms with Crippen LogP contribution in [0.25, 0.3) is 42.8 Å². The Labute approximate surface area is 263 Å². The fraction of sp³-hybridized carbons (Fsp3) is 0.176. The average Bonchev–Trinajstić information content (AvgIpc) is 3.68. The standard InChI is InChI=1S/C34H27N2O5S.BrH/c1-37-29-11-8-22-16-28-25-18-31-30(40-20-41-31)17-23(25)12-13-36(28)19-26(22)33(29)39-15-14-38-24-9-6-21(7-10-24)34-35-27-4-2-3-5-32(27)42-34;/h2-11,16-19H,12-15,20H2,1H3;1H/q+1;/p-1. The number of rotatable bonds is 7. The van der Waals surface area contributed by atoms with Crippen molar-refractivity contribution in [1.82, 2.24) is 4.98 Å². The molecule has 0 saturated heterocycles. The summed E-state index contributed by atoms with van der Waals surface area (Å²) in [5, 5.41) is 3.08. The van der Waals surface area contributed by atoms with Gasteiger partial charge < -0.3 is 40.7 Å². The van der Waals surface area contributed by atoms with Gasteiger partial charge in [0.2, 0.25) is 12.5 Å². The molecule has 2 aromatic heterocycles. The Morgan fingerprint density at radius 1 is 0.907 bits per heavy atom. The van der Waals surface area contributed by atoms with Crippen molar-refractivity contribution in [2.24, 2.45) is 0 Å². The summed E-state index contributed by atoms with van der Waals surface area (Å²) in [5.74, 6) is 3.83. The first kappa shape index (κ1) is 27.5. The third-order valence-electron chi connectivity index (χ3n) is 7.79. The van der Waals surface area contributed by atoms with Gasteiger partial charge in [-0.2, -0.15) is 4.57 Å². The van der Waals surface area contributed by atoms with Gasteiger partial charge in [-0.15, -0.1) is 11.3 Å². The Morgan fingerprint density at radius 2 is 1.72 bits per heavy atom. The van der Waals surface area contributed by atoms with Crippen LogP contribution < -0.4 is 45.2 Å². The zero-order valence-corrected chi connectivity index (χ0v) is 25.7. The minimum atomic E-state index is 0. The average molecular weight is 656 g/mol. The monoisotopic (exact) mass is 654 g/mol. The van der Waals surface area contributed by atoms with Crippen molar-refractivity contribution >= 4 is 32.3 Å². The second-order valence-corrected chi connectivity index (χ2v) is 11.3. The molecule has 0 spiro atoms. The molecular weight excluding hydrogens is 628 g/mol. The maximum atomic E-state index is 6.30. The van der Waals surface area contributed by atoms with Crippen molar-refractivity contribution in [2.75, 3.05) is 27.1 Å². The predicted molar refractivity (Wildman–Crippen MR) is 162 cm³/mol. The van der Waals surface area contributed by atoms with Gasteiger partial charge in [0.05, 0.1) is 28.3 Å². The van der Waals surface area contributed by atoms with E-state index in [1.54, 1.807) is 18.4 Å². The number of thiazole rings is 1. The molecule has 0 radical (unpaired) electrons. The second kappa shape index (κ2) is 11.4. The number of benzene rings is 4. The number of nitrogens with zero attached hydrogens (tertiary/aromatic N) is 2. The SMILES string of the molecule is COc1ccc2cc3[n+](cc2c1OCCOc1ccc(-c2nc4ccccc4s2)cc1)CCc1cc2c(cc1-3)OCO2.[Br-]. The number of fused-ring (bicyclic) bond motifs is 6. The molecule has 2 aliphatic heterocycles. The number of aromatic nitrogens is 2. The topological polar surface area (TPSA) is 62.9 Å². The third-order valence-corrected chi connectivity index (χ3v) is 8.88. The maximum Gasteiger partial charge on any atom is 0.231 e. The van der Waals surface area contributed by atoms with Crippen molar-refractivity contribution in [1.29, 1.82) is 0 Å². The number of pyridine rings is 1. The summed E-state index contributed by atoms with van der Waals surface area (Å²) in [6, 6.07) is 26.7. The summed E-state index contributed by atoms with van der Waals surface area (Å²) in [6.45, 7) is 1.92. The van der Waals surface area contributed by atoms with Crippen LogP contribution in [0.4, 0.5) is 0 Å². The smallest absolute Gasteiger partial charge is 0.231 e. The van der Waals surface area contributed by atoms with Gasteiger partial charge in [-0.3, -0.25) is 0 Å². The first-order valence-corrected chi connectivity index (χ1v) is 14.7. The molecule has 0 bridgehead atoms. The first-order valence-electron chi connectivity index (χ1n) is 13.9. The van der Waals surface area contributed by atoms with E-state index in [1.807, 2.05) is 48.5 Å². The van der Waals surface area contributed by atoms with Gasteiger partial charge in [-0.25, -0.2) is 4.98 Å². The number of halogens is 1. The molecular formula is C34H27BrN2O5S. The van der Waals surface area contributed by atoms with Crippen molar-refractivity contribution in [3.8, 4) is 50.6 Å². The number of ether oxygens (including phenoxy) is 5. The molecule has 0 unspecified atom stereocenters. The highest BCUT2D eigenvalue weighted by atomic mass is 79.9. The number of hydrogen-bond acceptors (Lipinski definition) is 7.